The average molecular weight is 219 g/mol. The van der Waals surface area contributed by atoms with Crippen molar-refractivity contribution in [2.45, 2.75) is 12.8 Å². The van der Waals surface area contributed by atoms with E-state index in [2.05, 4.69) is 9.68 Å². The van der Waals surface area contributed by atoms with Crippen LogP contribution in [0.3, 0.4) is 0 Å². The van der Waals surface area contributed by atoms with Gasteiger partial charge in [0.05, 0.1) is 13.1 Å². The molecule has 0 aromatic carbocycles. The molecule has 0 aliphatic carbocycles. The van der Waals surface area contributed by atoms with Crippen LogP contribution < -0.4 is 11.1 Å². The Kier molecular flexibility index (Phi) is 3.35. The lowest BCUT2D eigenvalue weighted by Crippen LogP contribution is -2.41. The van der Waals surface area contributed by atoms with Crippen molar-refractivity contribution in [1.29, 1.82) is 0 Å². The van der Waals surface area contributed by atoms with Crippen molar-refractivity contribution in [2.75, 3.05) is 13.1 Å². The maximum Gasteiger partial charge on any atom is 0.277 e. The molecule has 0 radical (unpaired) electrons. The summed E-state index contributed by atoms with van der Waals surface area (Å²) in [6.07, 6.45) is 0. The number of hydrogen-bond donors (Lipinski definition) is 2. The maximum absolute atomic E-state index is 12.7. The predicted octanol–water partition coefficient (Wildman–Crippen LogP) is 0.307. The largest absolute Gasteiger partial charge is 0.361 e. The molecule has 0 saturated carbocycles. The molecule has 0 unspecified atom stereocenters. The number of carbonyl (C=O) groups excluding carboxylic acids is 1. The molecule has 0 aliphatic heterocycles. The number of rotatable bonds is 4. The molecule has 1 aromatic heterocycles. The summed E-state index contributed by atoms with van der Waals surface area (Å²) >= 11 is 0. The van der Waals surface area contributed by atoms with E-state index in [0.717, 1.165) is 0 Å². The minimum atomic E-state index is -3.10. The number of nitrogens with two attached hydrogens (primary N) is 1. The topological polar surface area (TPSA) is 81.2 Å². The summed E-state index contributed by atoms with van der Waals surface area (Å²) in [5.41, 5.74) is 4.77. The Labute approximate surface area is 84.6 Å². The van der Waals surface area contributed by atoms with Crippen molar-refractivity contribution in [3.63, 3.8) is 0 Å². The molecule has 0 bridgehead atoms. The number of alkyl halides is 2. The molecule has 0 aliphatic rings. The zero-order valence-corrected chi connectivity index (χ0v) is 8.09. The van der Waals surface area contributed by atoms with Crippen LogP contribution in [-0.4, -0.2) is 30.1 Å². The Morgan fingerprint density at radius 1 is 1.73 bits per heavy atom. The van der Waals surface area contributed by atoms with E-state index in [9.17, 15) is 13.6 Å². The Balaban J connectivity index is 2.50. The normalized spacial score (nSPS) is 11.5. The molecule has 15 heavy (non-hydrogen) atoms. The fraction of sp³-hybridized carbons (Fsp3) is 0.500. The Morgan fingerprint density at radius 3 is 2.87 bits per heavy atom. The van der Waals surface area contributed by atoms with Crippen LogP contribution in [0.4, 0.5) is 8.78 Å². The van der Waals surface area contributed by atoms with E-state index in [1.807, 2.05) is 5.32 Å². The van der Waals surface area contributed by atoms with Crippen molar-refractivity contribution in [2.24, 2.45) is 5.73 Å². The van der Waals surface area contributed by atoms with Gasteiger partial charge in [-0.3, -0.25) is 4.79 Å². The highest BCUT2D eigenvalue weighted by molar-refractivity contribution is 5.92. The van der Waals surface area contributed by atoms with Crippen LogP contribution in [0.1, 0.15) is 16.2 Å². The van der Waals surface area contributed by atoms with E-state index in [1.165, 1.54) is 6.07 Å². The third-order valence-corrected chi connectivity index (χ3v) is 1.67. The molecular formula is C8H11F2N3O2. The second kappa shape index (κ2) is 4.35. The molecule has 0 spiro atoms. The van der Waals surface area contributed by atoms with Gasteiger partial charge in [0.1, 0.15) is 5.76 Å². The first kappa shape index (κ1) is 11.6. The van der Waals surface area contributed by atoms with Gasteiger partial charge in [-0.2, -0.15) is 0 Å². The zero-order valence-electron chi connectivity index (χ0n) is 8.09. The molecule has 5 nitrogen and oxygen atoms in total. The van der Waals surface area contributed by atoms with Crippen molar-refractivity contribution >= 4 is 5.91 Å². The van der Waals surface area contributed by atoms with E-state index < -0.39 is 24.9 Å². The SMILES string of the molecule is Cc1cc(C(=O)NCC(F)(F)CN)no1. The Morgan fingerprint density at radius 2 is 2.40 bits per heavy atom. The van der Waals surface area contributed by atoms with Crippen molar-refractivity contribution in [3.05, 3.63) is 17.5 Å². The lowest BCUT2D eigenvalue weighted by Gasteiger charge is -2.13. The zero-order chi connectivity index (χ0) is 11.5. The summed E-state index contributed by atoms with van der Waals surface area (Å²) in [5, 5.41) is 5.39. The number of amides is 1. The quantitative estimate of drug-likeness (QED) is 0.763. The van der Waals surface area contributed by atoms with Crippen LogP contribution in [0.5, 0.6) is 0 Å². The van der Waals surface area contributed by atoms with E-state index in [0.29, 0.717) is 5.76 Å². The highest BCUT2D eigenvalue weighted by Crippen LogP contribution is 2.09. The van der Waals surface area contributed by atoms with Gasteiger partial charge in [-0.25, -0.2) is 8.78 Å². The standard InChI is InChI=1S/C8H11F2N3O2/c1-5-2-6(13-15-5)7(14)12-4-8(9,10)3-11/h2H,3-4,11H2,1H3,(H,12,14). The van der Waals surface area contributed by atoms with Gasteiger partial charge in [-0.15, -0.1) is 0 Å². The molecule has 1 amide bonds. The van der Waals surface area contributed by atoms with Crippen LogP contribution in [0.2, 0.25) is 0 Å². The number of carbonyl (C=O) groups is 1. The molecule has 0 atom stereocenters. The first-order valence-electron chi connectivity index (χ1n) is 4.24. The number of aromatic nitrogens is 1. The highest BCUT2D eigenvalue weighted by Gasteiger charge is 2.27. The smallest absolute Gasteiger partial charge is 0.277 e. The van der Waals surface area contributed by atoms with Gasteiger partial charge in [0, 0.05) is 6.07 Å². The minimum Gasteiger partial charge on any atom is -0.361 e. The van der Waals surface area contributed by atoms with Crippen LogP contribution in [-0.2, 0) is 0 Å². The predicted molar refractivity (Wildman–Crippen MR) is 47.6 cm³/mol. The van der Waals surface area contributed by atoms with Crippen molar-refractivity contribution in [3.8, 4) is 0 Å². The van der Waals surface area contributed by atoms with Gasteiger partial charge in [-0.05, 0) is 6.92 Å². The number of hydrogen-bond acceptors (Lipinski definition) is 4. The van der Waals surface area contributed by atoms with Crippen molar-refractivity contribution in [1.82, 2.24) is 10.5 Å². The molecule has 1 heterocycles. The van der Waals surface area contributed by atoms with E-state index in [-0.39, 0.29) is 5.69 Å². The molecule has 0 fully saturated rings. The van der Waals surface area contributed by atoms with Gasteiger partial charge < -0.3 is 15.6 Å². The van der Waals surface area contributed by atoms with Gasteiger partial charge in [-0.1, -0.05) is 5.16 Å². The summed E-state index contributed by atoms with van der Waals surface area (Å²) in [6.45, 7) is -0.0301. The molecule has 3 N–H and O–H groups in total. The van der Waals surface area contributed by atoms with E-state index in [4.69, 9.17) is 5.73 Å². The van der Waals surface area contributed by atoms with E-state index in [1.54, 1.807) is 6.92 Å². The molecule has 7 heteroatoms. The van der Waals surface area contributed by atoms with Crippen LogP contribution in [0.15, 0.2) is 10.6 Å². The van der Waals surface area contributed by atoms with Gasteiger partial charge in [0.15, 0.2) is 5.69 Å². The third kappa shape index (κ3) is 3.28. The van der Waals surface area contributed by atoms with Crippen LogP contribution >= 0.6 is 0 Å². The lowest BCUT2D eigenvalue weighted by molar-refractivity contribution is 0.0117. The second-order valence-electron chi connectivity index (χ2n) is 3.07. The summed E-state index contributed by atoms with van der Waals surface area (Å²) in [5.74, 6) is -3.38. The summed E-state index contributed by atoms with van der Waals surface area (Å²) < 4.78 is 29.9. The van der Waals surface area contributed by atoms with Gasteiger partial charge in [0.2, 0.25) is 0 Å². The summed E-state index contributed by atoms with van der Waals surface area (Å²) in [4.78, 5) is 11.2. The summed E-state index contributed by atoms with van der Waals surface area (Å²) in [6, 6.07) is 1.36. The lowest BCUT2D eigenvalue weighted by atomic mass is 10.3. The highest BCUT2D eigenvalue weighted by atomic mass is 19.3. The van der Waals surface area contributed by atoms with Crippen LogP contribution in [0, 0.1) is 6.92 Å². The molecule has 0 saturated heterocycles. The monoisotopic (exact) mass is 219 g/mol. The fourth-order valence-electron chi connectivity index (χ4n) is 0.846. The van der Waals surface area contributed by atoms with Gasteiger partial charge >= 0.3 is 0 Å². The number of halogens is 2. The fourth-order valence-corrected chi connectivity index (χ4v) is 0.846. The van der Waals surface area contributed by atoms with Gasteiger partial charge in [0.25, 0.3) is 11.8 Å². The average Bonchev–Trinajstić information content (AvgIpc) is 2.61. The van der Waals surface area contributed by atoms with Crippen LogP contribution in [0.25, 0.3) is 0 Å². The first-order chi connectivity index (χ1) is 6.94. The summed E-state index contributed by atoms with van der Waals surface area (Å²) in [7, 11) is 0. The first-order valence-corrected chi connectivity index (χ1v) is 4.24. The number of nitrogens with zero attached hydrogens (tertiary/aromatic N) is 1. The molecule has 1 rings (SSSR count). The molecule has 84 valence electrons. The molecule has 1 aromatic rings. The minimum absolute atomic E-state index is 0.0275. The molecular weight excluding hydrogens is 208 g/mol. The number of aryl methyl sites for hydroxylation is 1. The Bertz CT molecular complexity index is 351. The number of nitrogens with one attached hydrogen (secondary N) is 1. The van der Waals surface area contributed by atoms with E-state index >= 15 is 0 Å². The van der Waals surface area contributed by atoms with Crippen molar-refractivity contribution < 1.29 is 18.1 Å². The third-order valence-electron chi connectivity index (χ3n) is 1.67. The Hall–Kier alpha value is -1.50. The maximum atomic E-state index is 12.7. The second-order valence-corrected chi connectivity index (χ2v) is 3.07.